The second-order valence-corrected chi connectivity index (χ2v) is 11.4. The fraction of sp³-hybridized carbons (Fsp3) is 0.483. The lowest BCUT2D eigenvalue weighted by molar-refractivity contribution is -0.137. The molecule has 2 heterocycles. The van der Waals surface area contributed by atoms with Gasteiger partial charge in [-0.3, -0.25) is 0 Å². The van der Waals surface area contributed by atoms with Gasteiger partial charge in [-0.05, 0) is 74.7 Å². The maximum Gasteiger partial charge on any atom is 0.416 e. The van der Waals surface area contributed by atoms with Crippen LogP contribution in [0.4, 0.5) is 19.0 Å². The van der Waals surface area contributed by atoms with Gasteiger partial charge in [0.25, 0.3) is 0 Å². The summed E-state index contributed by atoms with van der Waals surface area (Å²) in [6, 6.07) is 13.3. The highest BCUT2D eigenvalue weighted by atomic mass is 35.5. The van der Waals surface area contributed by atoms with Crippen LogP contribution in [0.5, 0.6) is 5.75 Å². The summed E-state index contributed by atoms with van der Waals surface area (Å²) in [5.41, 5.74) is 7.63. The molecule has 10 heteroatoms. The molecule has 1 aliphatic carbocycles. The Labute approximate surface area is 232 Å². The van der Waals surface area contributed by atoms with E-state index in [4.69, 9.17) is 22.1 Å². The van der Waals surface area contributed by atoms with Gasteiger partial charge in [0.1, 0.15) is 17.4 Å². The monoisotopic (exact) mass is 561 g/mol. The molecule has 0 radical (unpaired) electrons. The van der Waals surface area contributed by atoms with Crippen LogP contribution in [0.25, 0.3) is 0 Å². The van der Waals surface area contributed by atoms with Crippen molar-refractivity contribution in [2.24, 2.45) is 5.92 Å². The minimum absolute atomic E-state index is 0.129. The number of likely N-dealkylation sites (tertiary alicyclic amines) is 1. The molecule has 1 saturated carbocycles. The van der Waals surface area contributed by atoms with Gasteiger partial charge < -0.3 is 25.7 Å². The first-order valence-electron chi connectivity index (χ1n) is 13.4. The number of anilines is 1. The number of aromatic amines is 1. The molecule has 0 amide bonds. The molecule has 39 heavy (non-hydrogen) atoms. The van der Waals surface area contributed by atoms with Gasteiger partial charge in [0.05, 0.1) is 17.9 Å². The standard InChI is InChI=1S/C29H35ClF3N5O/c1-19-36-26(27(34)37-19)15-35-25-11-14-38(18-28(12-2-13-28)21-3-7-23(30)8-4-21)16-20(25)17-39-24-9-5-22(6-10-24)29(31,32)33/h3-10,20,25,35H,2,11-18,34H2,1H3,(H,36,37). The zero-order chi connectivity index (χ0) is 27.6. The number of hydrogen-bond acceptors (Lipinski definition) is 5. The number of nitrogens with two attached hydrogens (primary N) is 1. The van der Waals surface area contributed by atoms with E-state index < -0.39 is 11.7 Å². The number of H-pyrrole nitrogens is 1. The fourth-order valence-electron chi connectivity index (χ4n) is 5.93. The van der Waals surface area contributed by atoms with Gasteiger partial charge in [0.15, 0.2) is 0 Å². The molecule has 0 bridgehead atoms. The number of halogens is 4. The highest BCUT2D eigenvalue weighted by Gasteiger charge is 2.42. The van der Waals surface area contributed by atoms with Gasteiger partial charge in [-0.25, -0.2) is 4.98 Å². The van der Waals surface area contributed by atoms with Crippen molar-refractivity contribution in [1.29, 1.82) is 0 Å². The maximum absolute atomic E-state index is 13.0. The number of ether oxygens (including phenoxy) is 1. The van der Waals surface area contributed by atoms with E-state index in [1.165, 1.54) is 24.1 Å². The largest absolute Gasteiger partial charge is 0.493 e. The van der Waals surface area contributed by atoms with Gasteiger partial charge in [-0.15, -0.1) is 0 Å². The number of alkyl halides is 3. The molecule has 1 aromatic heterocycles. The summed E-state index contributed by atoms with van der Waals surface area (Å²) in [5, 5.41) is 4.37. The lowest BCUT2D eigenvalue weighted by Crippen LogP contribution is -2.55. The molecule has 210 valence electrons. The molecule has 6 nitrogen and oxygen atoms in total. The van der Waals surface area contributed by atoms with Gasteiger partial charge in [-0.1, -0.05) is 30.2 Å². The molecular weight excluding hydrogens is 527 g/mol. The Bertz CT molecular complexity index is 1240. The first kappa shape index (κ1) is 27.8. The summed E-state index contributed by atoms with van der Waals surface area (Å²) >= 11 is 6.15. The number of nitrogens with zero attached hydrogens (tertiary/aromatic N) is 2. The quantitative estimate of drug-likeness (QED) is 0.301. The third-order valence-electron chi connectivity index (χ3n) is 8.22. The van der Waals surface area contributed by atoms with Crippen LogP contribution in [0.15, 0.2) is 48.5 Å². The van der Waals surface area contributed by atoms with Gasteiger partial charge >= 0.3 is 6.18 Å². The molecular formula is C29H35ClF3N5O. The smallest absolute Gasteiger partial charge is 0.416 e. The summed E-state index contributed by atoms with van der Waals surface area (Å²) in [4.78, 5) is 10.0. The molecule has 5 rings (SSSR count). The Morgan fingerprint density at radius 3 is 2.46 bits per heavy atom. The van der Waals surface area contributed by atoms with E-state index in [1.807, 2.05) is 19.1 Å². The minimum atomic E-state index is -4.37. The Balaban J connectivity index is 1.27. The third kappa shape index (κ3) is 6.53. The van der Waals surface area contributed by atoms with E-state index in [0.717, 1.165) is 67.6 Å². The lowest BCUT2D eigenvalue weighted by Gasteiger charge is -2.48. The van der Waals surface area contributed by atoms with Crippen molar-refractivity contribution in [2.75, 3.05) is 32.0 Å². The molecule has 2 unspecified atom stereocenters. The van der Waals surface area contributed by atoms with E-state index in [9.17, 15) is 13.2 Å². The summed E-state index contributed by atoms with van der Waals surface area (Å²) in [5.74, 6) is 1.89. The van der Waals surface area contributed by atoms with Crippen molar-refractivity contribution in [3.63, 3.8) is 0 Å². The zero-order valence-electron chi connectivity index (χ0n) is 22.0. The second kappa shape index (κ2) is 11.4. The van der Waals surface area contributed by atoms with Crippen molar-refractivity contribution in [1.82, 2.24) is 20.2 Å². The van der Waals surface area contributed by atoms with Crippen molar-refractivity contribution >= 4 is 17.4 Å². The van der Waals surface area contributed by atoms with Crippen molar-refractivity contribution in [2.45, 2.75) is 56.8 Å². The van der Waals surface area contributed by atoms with Crippen LogP contribution in [0.2, 0.25) is 5.02 Å². The number of hydrogen-bond donors (Lipinski definition) is 3. The molecule has 2 atom stereocenters. The topological polar surface area (TPSA) is 79.2 Å². The number of piperidine rings is 1. The second-order valence-electron chi connectivity index (χ2n) is 10.9. The number of nitrogen functional groups attached to an aromatic ring is 1. The molecule has 1 saturated heterocycles. The normalized spacial score (nSPS) is 21.5. The van der Waals surface area contributed by atoms with Crippen molar-refractivity contribution in [3.8, 4) is 5.75 Å². The van der Waals surface area contributed by atoms with E-state index in [-0.39, 0.29) is 17.4 Å². The molecule has 2 fully saturated rings. The predicted octanol–water partition coefficient (Wildman–Crippen LogP) is 5.95. The van der Waals surface area contributed by atoms with Crippen LogP contribution in [0, 0.1) is 12.8 Å². The van der Waals surface area contributed by atoms with Crippen LogP contribution in [0.1, 0.15) is 48.3 Å². The first-order chi connectivity index (χ1) is 18.6. The summed E-state index contributed by atoms with van der Waals surface area (Å²) in [7, 11) is 0. The van der Waals surface area contributed by atoms with E-state index >= 15 is 0 Å². The molecule has 2 aliphatic rings. The number of imidazole rings is 1. The Kier molecular flexibility index (Phi) is 8.12. The van der Waals surface area contributed by atoms with E-state index in [1.54, 1.807) is 0 Å². The third-order valence-corrected chi connectivity index (χ3v) is 8.47. The molecule has 2 aromatic carbocycles. The van der Waals surface area contributed by atoms with Crippen LogP contribution < -0.4 is 15.8 Å². The number of aromatic nitrogens is 2. The summed E-state index contributed by atoms with van der Waals surface area (Å²) < 4.78 is 45.0. The number of benzene rings is 2. The van der Waals surface area contributed by atoms with Crippen LogP contribution in [-0.4, -0.2) is 47.2 Å². The Hall–Kier alpha value is -2.75. The fourth-order valence-corrected chi connectivity index (χ4v) is 6.05. The minimum Gasteiger partial charge on any atom is -0.493 e. The summed E-state index contributed by atoms with van der Waals surface area (Å²) in [6.45, 7) is 5.52. The SMILES string of the molecule is Cc1nc(CNC2CCN(CC3(c4ccc(Cl)cc4)CCC3)CC2COc2ccc(C(F)(F)F)cc2)c(N)[nH]1. The van der Waals surface area contributed by atoms with Crippen molar-refractivity contribution in [3.05, 3.63) is 76.2 Å². The summed E-state index contributed by atoms with van der Waals surface area (Å²) in [6.07, 6.45) is 0.0622. The molecule has 1 aliphatic heterocycles. The highest BCUT2D eigenvalue weighted by molar-refractivity contribution is 6.30. The van der Waals surface area contributed by atoms with Crippen LogP contribution in [-0.2, 0) is 18.1 Å². The molecule has 4 N–H and O–H groups in total. The van der Waals surface area contributed by atoms with Gasteiger partial charge in [-0.2, -0.15) is 13.2 Å². The Morgan fingerprint density at radius 1 is 1.15 bits per heavy atom. The number of rotatable bonds is 9. The zero-order valence-corrected chi connectivity index (χ0v) is 22.8. The molecule has 3 aromatic rings. The predicted molar refractivity (Wildman–Crippen MR) is 147 cm³/mol. The van der Waals surface area contributed by atoms with E-state index in [2.05, 4.69) is 32.3 Å². The average molecular weight is 562 g/mol. The number of nitrogens with one attached hydrogen (secondary N) is 2. The Morgan fingerprint density at radius 2 is 1.87 bits per heavy atom. The number of aryl methyl sites for hydroxylation is 1. The maximum atomic E-state index is 13.0. The van der Waals surface area contributed by atoms with Crippen LogP contribution in [0.3, 0.4) is 0 Å². The van der Waals surface area contributed by atoms with Crippen molar-refractivity contribution < 1.29 is 17.9 Å². The average Bonchev–Trinajstić information content (AvgIpc) is 3.21. The first-order valence-corrected chi connectivity index (χ1v) is 13.8. The van der Waals surface area contributed by atoms with Crippen LogP contribution >= 0.6 is 11.6 Å². The van der Waals surface area contributed by atoms with E-state index in [0.29, 0.717) is 24.7 Å². The molecule has 0 spiro atoms. The lowest BCUT2D eigenvalue weighted by atomic mass is 9.64. The highest BCUT2D eigenvalue weighted by Crippen LogP contribution is 2.45. The van der Waals surface area contributed by atoms with Gasteiger partial charge in [0, 0.05) is 42.0 Å². The van der Waals surface area contributed by atoms with Gasteiger partial charge in [0.2, 0.25) is 0 Å².